The molecule has 1 N–H and O–H groups in total. The lowest BCUT2D eigenvalue weighted by molar-refractivity contribution is -0.148. The van der Waals surface area contributed by atoms with Gasteiger partial charge in [0.15, 0.2) is 0 Å². The molecule has 148 valence electrons. The predicted molar refractivity (Wildman–Crippen MR) is 99.9 cm³/mol. The van der Waals surface area contributed by atoms with Gasteiger partial charge in [0.2, 0.25) is 0 Å². The number of aliphatic hydroxyl groups is 1. The molecule has 8 heteroatoms. The zero-order valence-electron chi connectivity index (χ0n) is 15.6. The molecule has 0 aromatic carbocycles. The maximum Gasteiger partial charge on any atom is 0.264 e. The van der Waals surface area contributed by atoms with E-state index in [0.717, 1.165) is 16.9 Å². The summed E-state index contributed by atoms with van der Waals surface area (Å²) in [6.07, 6.45) is 1.25. The number of carbonyl (C=O) groups is 2. The van der Waals surface area contributed by atoms with Crippen LogP contribution in [0.3, 0.4) is 0 Å². The Hall–Kier alpha value is -1.48. The van der Waals surface area contributed by atoms with Crippen molar-refractivity contribution in [2.45, 2.75) is 37.9 Å². The number of hydrogen-bond donors (Lipinski definition) is 1. The van der Waals surface area contributed by atoms with E-state index in [-0.39, 0.29) is 11.8 Å². The third-order valence-corrected chi connectivity index (χ3v) is 6.94. The summed E-state index contributed by atoms with van der Waals surface area (Å²) in [4.78, 5) is 30.5. The second-order valence-electron chi connectivity index (χ2n) is 7.45. The fourth-order valence-corrected chi connectivity index (χ4v) is 5.41. The second-order valence-corrected chi connectivity index (χ2v) is 8.58. The van der Waals surface area contributed by atoms with Crippen LogP contribution in [-0.4, -0.2) is 78.8 Å². The van der Waals surface area contributed by atoms with Crippen molar-refractivity contribution in [3.63, 3.8) is 0 Å². The van der Waals surface area contributed by atoms with E-state index in [1.807, 2.05) is 11.0 Å². The number of thiophene rings is 1. The van der Waals surface area contributed by atoms with E-state index in [1.165, 1.54) is 11.8 Å². The Labute approximate surface area is 162 Å². The van der Waals surface area contributed by atoms with Crippen molar-refractivity contribution in [2.24, 2.45) is 0 Å². The zero-order chi connectivity index (χ0) is 19.0. The van der Waals surface area contributed by atoms with E-state index >= 15 is 0 Å². The maximum atomic E-state index is 12.9. The molecular formula is C19H26N2O5S. The van der Waals surface area contributed by atoms with E-state index in [2.05, 4.69) is 0 Å². The van der Waals surface area contributed by atoms with Crippen LogP contribution >= 0.6 is 11.3 Å². The van der Waals surface area contributed by atoms with E-state index in [0.29, 0.717) is 58.8 Å². The Morgan fingerprint density at radius 3 is 2.52 bits per heavy atom. The number of morpholine rings is 1. The minimum absolute atomic E-state index is 0.0783. The molecule has 2 saturated heterocycles. The summed E-state index contributed by atoms with van der Waals surface area (Å²) in [6, 6.07) is 2.02. The first-order chi connectivity index (χ1) is 13.0. The molecule has 3 aliphatic heterocycles. The summed E-state index contributed by atoms with van der Waals surface area (Å²) in [6.45, 7) is 5.73. The SMILES string of the molecule is CC(O)C(=O)N1CCC2(CC1)OCCc1sc(C(=O)N3CCOCC3)cc12. The van der Waals surface area contributed by atoms with Crippen molar-refractivity contribution in [1.29, 1.82) is 0 Å². The summed E-state index contributed by atoms with van der Waals surface area (Å²) in [5.74, 6) is -0.149. The van der Waals surface area contributed by atoms with Crippen molar-refractivity contribution in [1.82, 2.24) is 9.80 Å². The van der Waals surface area contributed by atoms with Crippen LogP contribution in [0, 0.1) is 0 Å². The number of aliphatic hydroxyl groups excluding tert-OH is 1. The van der Waals surface area contributed by atoms with Gasteiger partial charge in [-0.25, -0.2) is 0 Å². The molecule has 1 aromatic rings. The number of piperidine rings is 1. The summed E-state index contributed by atoms with van der Waals surface area (Å²) >= 11 is 1.58. The highest BCUT2D eigenvalue weighted by molar-refractivity contribution is 7.14. The monoisotopic (exact) mass is 394 g/mol. The lowest BCUT2D eigenvalue weighted by atomic mass is 9.82. The Bertz CT molecular complexity index is 718. The van der Waals surface area contributed by atoms with Crippen LogP contribution in [0.15, 0.2) is 6.07 Å². The van der Waals surface area contributed by atoms with E-state index < -0.39 is 11.7 Å². The van der Waals surface area contributed by atoms with Gasteiger partial charge in [-0.2, -0.15) is 0 Å². The van der Waals surface area contributed by atoms with Crippen molar-refractivity contribution in [3.05, 3.63) is 21.4 Å². The van der Waals surface area contributed by atoms with Gasteiger partial charge in [-0.3, -0.25) is 9.59 Å². The first-order valence-electron chi connectivity index (χ1n) is 9.61. The second kappa shape index (κ2) is 7.50. The number of amides is 2. The molecule has 0 saturated carbocycles. The number of fused-ring (bicyclic) bond motifs is 2. The average Bonchev–Trinajstić information content (AvgIpc) is 3.14. The Kier molecular flexibility index (Phi) is 5.24. The van der Waals surface area contributed by atoms with Gasteiger partial charge in [-0.1, -0.05) is 0 Å². The van der Waals surface area contributed by atoms with Gasteiger partial charge >= 0.3 is 0 Å². The smallest absolute Gasteiger partial charge is 0.264 e. The van der Waals surface area contributed by atoms with Gasteiger partial charge in [0, 0.05) is 37.5 Å². The highest BCUT2D eigenvalue weighted by atomic mass is 32.1. The third kappa shape index (κ3) is 3.51. The number of carbonyl (C=O) groups excluding carboxylic acids is 2. The lowest BCUT2D eigenvalue weighted by Crippen LogP contribution is -2.50. The van der Waals surface area contributed by atoms with Crippen molar-refractivity contribution < 1.29 is 24.2 Å². The molecule has 4 heterocycles. The molecule has 0 aliphatic carbocycles. The molecule has 7 nitrogen and oxygen atoms in total. The van der Waals surface area contributed by atoms with Crippen LogP contribution in [0.1, 0.15) is 39.9 Å². The molecule has 1 unspecified atom stereocenters. The Morgan fingerprint density at radius 1 is 1.15 bits per heavy atom. The fourth-order valence-electron chi connectivity index (χ4n) is 4.21. The summed E-state index contributed by atoms with van der Waals surface area (Å²) < 4.78 is 11.6. The summed E-state index contributed by atoms with van der Waals surface area (Å²) in [7, 11) is 0. The third-order valence-electron chi connectivity index (χ3n) is 5.76. The normalized spacial score (nSPS) is 23.2. The molecule has 1 spiro atoms. The minimum Gasteiger partial charge on any atom is -0.384 e. The molecule has 4 rings (SSSR count). The maximum absolute atomic E-state index is 12.9. The first kappa shape index (κ1) is 18.9. The molecule has 3 aliphatic rings. The molecule has 2 amide bonds. The topological polar surface area (TPSA) is 79.3 Å². The Balaban J connectivity index is 1.53. The quantitative estimate of drug-likeness (QED) is 0.809. The van der Waals surface area contributed by atoms with Crippen LogP contribution < -0.4 is 0 Å². The average molecular weight is 394 g/mol. The number of hydrogen-bond acceptors (Lipinski definition) is 6. The molecule has 1 atom stereocenters. The Morgan fingerprint density at radius 2 is 1.85 bits per heavy atom. The van der Waals surface area contributed by atoms with Gasteiger partial charge in [-0.15, -0.1) is 11.3 Å². The van der Waals surface area contributed by atoms with Crippen molar-refractivity contribution in [3.8, 4) is 0 Å². The van der Waals surface area contributed by atoms with Crippen LogP contribution in [0.2, 0.25) is 0 Å². The number of rotatable bonds is 2. The lowest BCUT2D eigenvalue weighted by Gasteiger charge is -2.44. The van der Waals surface area contributed by atoms with Gasteiger partial charge in [-0.05, 0) is 31.4 Å². The van der Waals surface area contributed by atoms with Gasteiger partial charge in [0.05, 0.1) is 30.3 Å². The molecule has 2 fully saturated rings. The standard InChI is InChI=1S/C19H26N2O5S/c1-13(22)17(23)20-5-3-19(4-6-20)14-12-16(27-15(14)2-9-26-19)18(24)21-7-10-25-11-8-21/h12-13,22H,2-11H2,1H3. The van der Waals surface area contributed by atoms with Gasteiger partial charge in [0.1, 0.15) is 6.10 Å². The highest BCUT2D eigenvalue weighted by Crippen LogP contribution is 2.44. The van der Waals surface area contributed by atoms with Gasteiger partial charge in [0.25, 0.3) is 11.8 Å². The first-order valence-corrected chi connectivity index (χ1v) is 10.4. The minimum atomic E-state index is -0.972. The van der Waals surface area contributed by atoms with Crippen LogP contribution in [0.25, 0.3) is 0 Å². The fraction of sp³-hybridized carbons (Fsp3) is 0.684. The van der Waals surface area contributed by atoms with Crippen LogP contribution in [0.4, 0.5) is 0 Å². The summed E-state index contributed by atoms with van der Waals surface area (Å²) in [5, 5.41) is 9.55. The van der Waals surface area contributed by atoms with Crippen LogP contribution in [-0.2, 0) is 26.3 Å². The molecule has 1 aromatic heterocycles. The van der Waals surface area contributed by atoms with E-state index in [9.17, 15) is 14.7 Å². The summed E-state index contributed by atoms with van der Waals surface area (Å²) in [5.41, 5.74) is 0.711. The molecular weight excluding hydrogens is 368 g/mol. The molecule has 0 bridgehead atoms. The molecule has 27 heavy (non-hydrogen) atoms. The van der Waals surface area contributed by atoms with Gasteiger partial charge < -0.3 is 24.4 Å². The predicted octanol–water partition coefficient (Wildman–Crippen LogP) is 0.992. The van der Waals surface area contributed by atoms with Crippen molar-refractivity contribution in [2.75, 3.05) is 46.0 Å². The number of likely N-dealkylation sites (tertiary alicyclic amines) is 1. The van der Waals surface area contributed by atoms with E-state index in [1.54, 1.807) is 16.2 Å². The number of nitrogens with zero attached hydrogens (tertiary/aromatic N) is 2. The molecule has 0 radical (unpaired) electrons. The highest BCUT2D eigenvalue weighted by Gasteiger charge is 2.43. The van der Waals surface area contributed by atoms with Crippen LogP contribution in [0.5, 0.6) is 0 Å². The largest absolute Gasteiger partial charge is 0.384 e. The van der Waals surface area contributed by atoms with Crippen molar-refractivity contribution >= 4 is 23.2 Å². The zero-order valence-corrected chi connectivity index (χ0v) is 16.4. The number of ether oxygens (including phenoxy) is 2. The van der Waals surface area contributed by atoms with E-state index in [4.69, 9.17) is 9.47 Å².